The smallest absolute Gasteiger partial charge is 0.322 e. The van der Waals surface area contributed by atoms with Gasteiger partial charge in [-0.15, -0.1) is 0 Å². The highest BCUT2D eigenvalue weighted by molar-refractivity contribution is 6.31. The average Bonchev–Trinajstić information content (AvgIpc) is 2.55. The van der Waals surface area contributed by atoms with Crippen LogP contribution >= 0.6 is 11.6 Å². The number of aromatic nitrogens is 2. The van der Waals surface area contributed by atoms with Gasteiger partial charge in [0.15, 0.2) is 5.92 Å². The van der Waals surface area contributed by atoms with Gasteiger partial charge < -0.3 is 5.73 Å². The van der Waals surface area contributed by atoms with E-state index in [4.69, 9.17) is 17.3 Å². The molecule has 0 aromatic carbocycles. The number of alkyl halides is 6. The van der Waals surface area contributed by atoms with Crippen LogP contribution in [0.5, 0.6) is 0 Å². The summed E-state index contributed by atoms with van der Waals surface area (Å²) >= 11 is 5.62. The molecule has 1 aromatic rings. The molecule has 0 fully saturated rings. The van der Waals surface area contributed by atoms with E-state index in [1.807, 2.05) is 0 Å². The number of nitrogens with two attached hydrogens (primary N) is 1. The number of hydrogen-bond acceptors (Lipinski definition) is 2. The lowest BCUT2D eigenvalue weighted by Crippen LogP contribution is -2.44. The van der Waals surface area contributed by atoms with Gasteiger partial charge in [-0.3, -0.25) is 4.68 Å². The van der Waals surface area contributed by atoms with E-state index in [2.05, 4.69) is 5.10 Å². The SMILES string of the molecule is CCCn1ncc(Cl)c1C(N)C(C(F)(F)F)C(F)(F)F. The van der Waals surface area contributed by atoms with Crippen molar-refractivity contribution < 1.29 is 26.3 Å². The van der Waals surface area contributed by atoms with Gasteiger partial charge >= 0.3 is 12.4 Å². The summed E-state index contributed by atoms with van der Waals surface area (Å²) in [4.78, 5) is 0. The van der Waals surface area contributed by atoms with E-state index in [0.29, 0.717) is 6.42 Å². The molecule has 1 heterocycles. The Morgan fingerprint density at radius 2 is 1.75 bits per heavy atom. The fraction of sp³-hybridized carbons (Fsp3) is 0.700. The Bertz CT molecular complexity index is 439. The van der Waals surface area contributed by atoms with E-state index in [0.717, 1.165) is 10.9 Å². The van der Waals surface area contributed by atoms with Gasteiger partial charge in [0.05, 0.1) is 23.0 Å². The maximum Gasteiger partial charge on any atom is 0.402 e. The van der Waals surface area contributed by atoms with Crippen LogP contribution < -0.4 is 5.73 Å². The molecule has 1 atom stereocenters. The van der Waals surface area contributed by atoms with Gasteiger partial charge in [0, 0.05) is 6.54 Å². The van der Waals surface area contributed by atoms with Crippen LogP contribution in [-0.2, 0) is 6.54 Å². The fourth-order valence-electron chi connectivity index (χ4n) is 1.84. The van der Waals surface area contributed by atoms with Gasteiger partial charge in [-0.05, 0) is 6.42 Å². The molecule has 0 aliphatic rings. The number of nitrogens with zero attached hydrogens (tertiary/aromatic N) is 2. The molecule has 0 saturated carbocycles. The zero-order chi connectivity index (χ0) is 15.7. The second-order valence-electron chi connectivity index (χ2n) is 4.19. The van der Waals surface area contributed by atoms with Crippen molar-refractivity contribution in [3.63, 3.8) is 0 Å². The molecule has 3 nitrogen and oxygen atoms in total. The first-order chi connectivity index (χ1) is 9.00. The van der Waals surface area contributed by atoms with Crippen molar-refractivity contribution in [3.05, 3.63) is 16.9 Å². The molecule has 1 rings (SSSR count). The van der Waals surface area contributed by atoms with Crippen LogP contribution in [0.3, 0.4) is 0 Å². The molecule has 0 bridgehead atoms. The van der Waals surface area contributed by atoms with Crippen molar-refractivity contribution in [2.75, 3.05) is 0 Å². The Hall–Kier alpha value is -0.960. The molecule has 0 aliphatic carbocycles. The van der Waals surface area contributed by atoms with Crippen molar-refractivity contribution in [2.45, 2.75) is 38.3 Å². The molecular formula is C10H12ClF6N3. The highest BCUT2D eigenvalue weighted by Crippen LogP contribution is 2.46. The summed E-state index contributed by atoms with van der Waals surface area (Å²) in [7, 11) is 0. The quantitative estimate of drug-likeness (QED) is 0.859. The van der Waals surface area contributed by atoms with Crippen LogP contribution in [0.4, 0.5) is 26.3 Å². The summed E-state index contributed by atoms with van der Waals surface area (Å²) < 4.78 is 76.8. The Labute approximate surface area is 115 Å². The summed E-state index contributed by atoms with van der Waals surface area (Å²) in [6, 6.07) is -2.36. The third-order valence-corrected chi connectivity index (χ3v) is 2.94. The van der Waals surface area contributed by atoms with Crippen LogP contribution in [0, 0.1) is 5.92 Å². The predicted octanol–water partition coefficient (Wildman–Crippen LogP) is 3.69. The third kappa shape index (κ3) is 3.57. The molecule has 0 radical (unpaired) electrons. The van der Waals surface area contributed by atoms with E-state index in [1.54, 1.807) is 6.92 Å². The van der Waals surface area contributed by atoms with Crippen LogP contribution in [-0.4, -0.2) is 22.1 Å². The number of aryl methyl sites for hydroxylation is 1. The van der Waals surface area contributed by atoms with E-state index in [-0.39, 0.29) is 11.6 Å². The molecule has 0 aliphatic heterocycles. The minimum Gasteiger partial charge on any atom is -0.322 e. The lowest BCUT2D eigenvalue weighted by molar-refractivity contribution is -0.290. The standard InChI is InChI=1S/C10H12ClF6N3/c1-2-3-20-7(5(11)4-19-20)6(18)8(9(12,13)14)10(15,16)17/h4,6,8H,2-3,18H2,1H3. The fourth-order valence-corrected chi connectivity index (χ4v) is 2.11. The monoisotopic (exact) mass is 323 g/mol. The second-order valence-corrected chi connectivity index (χ2v) is 4.59. The van der Waals surface area contributed by atoms with Crippen LogP contribution in [0.25, 0.3) is 0 Å². The number of hydrogen-bond donors (Lipinski definition) is 1. The first kappa shape index (κ1) is 17.1. The normalized spacial score (nSPS) is 14.9. The molecule has 116 valence electrons. The molecule has 10 heteroatoms. The lowest BCUT2D eigenvalue weighted by atomic mass is 9.96. The molecule has 1 unspecified atom stereocenters. The molecule has 20 heavy (non-hydrogen) atoms. The van der Waals surface area contributed by atoms with Crippen LogP contribution in [0.15, 0.2) is 6.20 Å². The number of halogens is 7. The zero-order valence-corrected chi connectivity index (χ0v) is 11.0. The third-order valence-electron chi connectivity index (χ3n) is 2.65. The molecule has 0 spiro atoms. The predicted molar refractivity (Wildman–Crippen MR) is 60.1 cm³/mol. The lowest BCUT2D eigenvalue weighted by Gasteiger charge is -2.28. The summed E-state index contributed by atoms with van der Waals surface area (Å²) in [6.45, 7) is 1.81. The van der Waals surface area contributed by atoms with Crippen LogP contribution in [0.1, 0.15) is 25.1 Å². The summed E-state index contributed by atoms with van der Waals surface area (Å²) in [6.07, 6.45) is -9.61. The largest absolute Gasteiger partial charge is 0.402 e. The highest BCUT2D eigenvalue weighted by atomic mass is 35.5. The van der Waals surface area contributed by atoms with Gasteiger partial charge in [-0.2, -0.15) is 31.4 Å². The first-order valence-corrected chi connectivity index (χ1v) is 5.98. The average molecular weight is 324 g/mol. The Kier molecular flexibility index (Phi) is 4.96. The molecule has 1 aromatic heterocycles. The van der Waals surface area contributed by atoms with E-state index < -0.39 is 30.0 Å². The minimum absolute atomic E-state index is 0.123. The van der Waals surface area contributed by atoms with Gasteiger partial charge in [0.25, 0.3) is 0 Å². The Morgan fingerprint density at radius 1 is 1.25 bits per heavy atom. The van der Waals surface area contributed by atoms with Crippen LogP contribution in [0.2, 0.25) is 5.02 Å². The van der Waals surface area contributed by atoms with E-state index in [1.165, 1.54) is 0 Å². The van der Waals surface area contributed by atoms with Crippen molar-refractivity contribution in [1.29, 1.82) is 0 Å². The van der Waals surface area contributed by atoms with E-state index in [9.17, 15) is 26.3 Å². The van der Waals surface area contributed by atoms with Crippen molar-refractivity contribution >= 4 is 11.6 Å². The van der Waals surface area contributed by atoms with Crippen molar-refractivity contribution in [2.24, 2.45) is 11.7 Å². The second kappa shape index (κ2) is 5.80. The highest BCUT2D eigenvalue weighted by Gasteiger charge is 2.60. The zero-order valence-electron chi connectivity index (χ0n) is 10.3. The van der Waals surface area contributed by atoms with Gasteiger partial charge in [0.2, 0.25) is 0 Å². The molecule has 0 amide bonds. The van der Waals surface area contributed by atoms with Gasteiger partial charge in [0.1, 0.15) is 0 Å². The van der Waals surface area contributed by atoms with Gasteiger partial charge in [-0.1, -0.05) is 18.5 Å². The Morgan fingerprint density at radius 3 is 2.15 bits per heavy atom. The Balaban J connectivity index is 3.26. The molecule has 2 N–H and O–H groups in total. The maximum atomic E-state index is 12.6. The summed E-state index contributed by atoms with van der Waals surface area (Å²) in [5.41, 5.74) is 4.74. The molecule has 0 saturated heterocycles. The van der Waals surface area contributed by atoms with E-state index >= 15 is 0 Å². The topological polar surface area (TPSA) is 43.8 Å². The maximum absolute atomic E-state index is 12.6. The molecular weight excluding hydrogens is 312 g/mol. The number of rotatable bonds is 4. The van der Waals surface area contributed by atoms with Gasteiger partial charge in [-0.25, -0.2) is 0 Å². The first-order valence-electron chi connectivity index (χ1n) is 5.60. The summed E-state index contributed by atoms with van der Waals surface area (Å²) in [5.74, 6) is -3.69. The minimum atomic E-state index is -5.53. The van der Waals surface area contributed by atoms with Crippen molar-refractivity contribution in [1.82, 2.24) is 9.78 Å². The van der Waals surface area contributed by atoms with Crippen molar-refractivity contribution in [3.8, 4) is 0 Å². The summed E-state index contributed by atoms with van der Waals surface area (Å²) in [5, 5.41) is 3.33.